The van der Waals surface area contributed by atoms with E-state index >= 15 is 0 Å². The lowest BCUT2D eigenvalue weighted by molar-refractivity contribution is 0.100. The van der Waals surface area contributed by atoms with Crippen LogP contribution in [0.3, 0.4) is 0 Å². The van der Waals surface area contributed by atoms with Crippen LogP contribution in [0.2, 0.25) is 0 Å². The summed E-state index contributed by atoms with van der Waals surface area (Å²) in [6.45, 7) is 2.40. The van der Waals surface area contributed by atoms with Crippen molar-refractivity contribution in [3.05, 3.63) is 83.2 Å². The Morgan fingerprint density at radius 3 is 2.60 bits per heavy atom. The third-order valence-corrected chi connectivity index (χ3v) is 4.60. The molecule has 0 aliphatic rings. The summed E-state index contributed by atoms with van der Waals surface area (Å²) >= 11 is 0. The molecule has 3 nitrogen and oxygen atoms in total. The summed E-state index contributed by atoms with van der Waals surface area (Å²) in [5.74, 6) is -0.702. The summed E-state index contributed by atoms with van der Waals surface area (Å²) in [7, 11) is 0. The van der Waals surface area contributed by atoms with Gasteiger partial charge in [-0.3, -0.25) is 4.79 Å². The van der Waals surface area contributed by atoms with Gasteiger partial charge in [0, 0.05) is 27.4 Å². The number of hydrogen-bond donors (Lipinski definition) is 1. The first kappa shape index (κ1) is 15.4. The first-order valence-electron chi connectivity index (χ1n) is 8.11. The zero-order chi connectivity index (χ0) is 17.6. The lowest BCUT2D eigenvalue weighted by Crippen LogP contribution is -2.11. The van der Waals surface area contributed by atoms with Crippen LogP contribution in [-0.2, 0) is 6.54 Å². The van der Waals surface area contributed by atoms with Crippen LogP contribution in [0.15, 0.2) is 60.7 Å². The van der Waals surface area contributed by atoms with Gasteiger partial charge in [0.15, 0.2) is 0 Å². The number of rotatable bonds is 3. The normalized spacial score (nSPS) is 11.3. The molecule has 0 radical (unpaired) electrons. The van der Waals surface area contributed by atoms with Crippen molar-refractivity contribution in [3.63, 3.8) is 0 Å². The van der Waals surface area contributed by atoms with Crippen molar-refractivity contribution in [2.24, 2.45) is 5.73 Å². The van der Waals surface area contributed by atoms with Gasteiger partial charge in [-0.15, -0.1) is 0 Å². The Bertz CT molecular complexity index is 1130. The fraction of sp³-hybridized carbons (Fsp3) is 0.0952. The Balaban J connectivity index is 2.08. The molecule has 1 aromatic heterocycles. The molecule has 2 N–H and O–H groups in total. The smallest absolute Gasteiger partial charge is 0.249 e. The third-order valence-electron chi connectivity index (χ3n) is 4.60. The SMILES string of the molecule is Cc1ccc2c3c(C(N)=O)cccc3n(Cc3ccccc3F)c2c1. The summed E-state index contributed by atoms with van der Waals surface area (Å²) in [6.07, 6.45) is 0. The van der Waals surface area contributed by atoms with Gasteiger partial charge < -0.3 is 10.3 Å². The van der Waals surface area contributed by atoms with Gasteiger partial charge in [0.05, 0.1) is 12.1 Å². The Hall–Kier alpha value is -3.14. The molecule has 0 fully saturated rings. The highest BCUT2D eigenvalue weighted by molar-refractivity contribution is 6.17. The van der Waals surface area contributed by atoms with E-state index in [4.69, 9.17) is 5.73 Å². The van der Waals surface area contributed by atoms with Gasteiger partial charge >= 0.3 is 0 Å². The molecule has 124 valence electrons. The summed E-state index contributed by atoms with van der Waals surface area (Å²) in [4.78, 5) is 11.9. The fourth-order valence-electron chi connectivity index (χ4n) is 3.43. The van der Waals surface area contributed by atoms with Crippen molar-refractivity contribution in [3.8, 4) is 0 Å². The monoisotopic (exact) mass is 332 g/mol. The second kappa shape index (κ2) is 5.74. The molecule has 1 amide bonds. The maximum Gasteiger partial charge on any atom is 0.249 e. The summed E-state index contributed by atoms with van der Waals surface area (Å²) in [5.41, 5.74) is 9.61. The standard InChI is InChI=1S/C21H17FN2O/c1-13-9-10-15-19(11-13)24(12-14-5-2-3-7-17(14)22)18-8-4-6-16(20(15)18)21(23)25/h2-11H,12H2,1H3,(H2,23,25). The maximum absolute atomic E-state index is 14.2. The van der Waals surface area contributed by atoms with E-state index in [0.29, 0.717) is 17.7 Å². The van der Waals surface area contributed by atoms with E-state index in [0.717, 1.165) is 27.4 Å². The van der Waals surface area contributed by atoms with Crippen molar-refractivity contribution >= 4 is 27.7 Å². The molecule has 0 spiro atoms. The molecule has 3 aromatic carbocycles. The number of hydrogen-bond acceptors (Lipinski definition) is 1. The van der Waals surface area contributed by atoms with Gasteiger partial charge in [-0.1, -0.05) is 36.4 Å². The zero-order valence-electron chi connectivity index (χ0n) is 13.8. The largest absolute Gasteiger partial charge is 0.366 e. The van der Waals surface area contributed by atoms with Crippen LogP contribution in [-0.4, -0.2) is 10.5 Å². The van der Waals surface area contributed by atoms with E-state index in [1.165, 1.54) is 6.07 Å². The number of nitrogens with two attached hydrogens (primary N) is 1. The minimum atomic E-state index is -0.462. The Labute approximate surface area is 144 Å². The second-order valence-corrected chi connectivity index (χ2v) is 6.26. The van der Waals surface area contributed by atoms with Gasteiger partial charge in [-0.25, -0.2) is 4.39 Å². The number of nitrogens with zero attached hydrogens (tertiary/aromatic N) is 1. The molecule has 25 heavy (non-hydrogen) atoms. The summed E-state index contributed by atoms with van der Waals surface area (Å²) in [5, 5.41) is 1.77. The number of halogens is 1. The van der Waals surface area contributed by atoms with Crippen LogP contribution >= 0.6 is 0 Å². The van der Waals surface area contributed by atoms with Gasteiger partial charge in [0.1, 0.15) is 5.82 Å². The summed E-state index contributed by atoms with van der Waals surface area (Å²) < 4.78 is 16.2. The average Bonchev–Trinajstić information content (AvgIpc) is 2.90. The molecule has 0 saturated heterocycles. The Morgan fingerprint density at radius 2 is 1.84 bits per heavy atom. The van der Waals surface area contributed by atoms with Crippen LogP contribution < -0.4 is 5.73 Å². The zero-order valence-corrected chi connectivity index (χ0v) is 13.8. The number of carbonyl (C=O) groups excluding carboxylic acids is 1. The average molecular weight is 332 g/mol. The topological polar surface area (TPSA) is 48.0 Å². The number of primary amides is 1. The van der Waals surface area contributed by atoms with Gasteiger partial charge in [-0.2, -0.15) is 0 Å². The molecule has 0 aliphatic heterocycles. The van der Waals surface area contributed by atoms with E-state index < -0.39 is 5.91 Å². The van der Waals surface area contributed by atoms with Crippen LogP contribution in [0.1, 0.15) is 21.5 Å². The minimum absolute atomic E-state index is 0.240. The highest BCUT2D eigenvalue weighted by atomic mass is 19.1. The molecule has 4 rings (SSSR count). The fourth-order valence-corrected chi connectivity index (χ4v) is 3.43. The van der Waals surface area contributed by atoms with Crippen molar-refractivity contribution in [1.29, 1.82) is 0 Å². The van der Waals surface area contributed by atoms with Crippen LogP contribution in [0.5, 0.6) is 0 Å². The Kier molecular flexibility index (Phi) is 3.53. The number of aryl methyl sites for hydroxylation is 1. The van der Waals surface area contributed by atoms with Crippen molar-refractivity contribution < 1.29 is 9.18 Å². The van der Waals surface area contributed by atoms with Crippen molar-refractivity contribution in [1.82, 2.24) is 4.57 Å². The quantitative estimate of drug-likeness (QED) is 0.594. The molecule has 0 aliphatic carbocycles. The van der Waals surface area contributed by atoms with E-state index in [-0.39, 0.29) is 5.82 Å². The highest BCUT2D eigenvalue weighted by Gasteiger charge is 2.17. The lowest BCUT2D eigenvalue weighted by Gasteiger charge is -2.09. The van der Waals surface area contributed by atoms with Crippen molar-refractivity contribution in [2.75, 3.05) is 0 Å². The molecular weight excluding hydrogens is 315 g/mol. The number of aromatic nitrogens is 1. The maximum atomic E-state index is 14.2. The molecule has 0 bridgehead atoms. The molecule has 4 heteroatoms. The first-order chi connectivity index (χ1) is 12.1. The Morgan fingerprint density at radius 1 is 1.04 bits per heavy atom. The molecular formula is C21H17FN2O. The van der Waals surface area contributed by atoms with Gasteiger partial charge in [0.2, 0.25) is 5.91 Å². The number of fused-ring (bicyclic) bond motifs is 3. The molecule has 4 aromatic rings. The highest BCUT2D eigenvalue weighted by Crippen LogP contribution is 2.33. The third kappa shape index (κ3) is 2.47. The molecule has 1 heterocycles. The number of carbonyl (C=O) groups is 1. The lowest BCUT2D eigenvalue weighted by atomic mass is 10.1. The summed E-state index contributed by atoms with van der Waals surface area (Å²) in [6, 6.07) is 18.3. The number of benzene rings is 3. The van der Waals surface area contributed by atoms with E-state index in [2.05, 4.69) is 6.07 Å². The van der Waals surface area contributed by atoms with Gasteiger partial charge in [-0.05, 0) is 36.8 Å². The van der Waals surface area contributed by atoms with Crippen LogP contribution in [0, 0.1) is 12.7 Å². The second-order valence-electron chi connectivity index (χ2n) is 6.26. The minimum Gasteiger partial charge on any atom is -0.366 e. The van der Waals surface area contributed by atoms with E-state index in [1.54, 1.807) is 18.2 Å². The van der Waals surface area contributed by atoms with Crippen LogP contribution in [0.25, 0.3) is 21.8 Å². The predicted octanol–water partition coefficient (Wildman–Crippen LogP) is 4.39. The molecule has 0 unspecified atom stereocenters. The first-order valence-corrected chi connectivity index (χ1v) is 8.11. The molecule has 0 saturated carbocycles. The van der Waals surface area contributed by atoms with Gasteiger partial charge in [0.25, 0.3) is 0 Å². The number of amides is 1. The van der Waals surface area contributed by atoms with Crippen molar-refractivity contribution in [2.45, 2.75) is 13.5 Å². The molecule has 0 atom stereocenters. The van der Waals surface area contributed by atoms with E-state index in [9.17, 15) is 9.18 Å². The van der Waals surface area contributed by atoms with E-state index in [1.807, 2.05) is 41.8 Å². The predicted molar refractivity (Wildman–Crippen MR) is 98.2 cm³/mol. The van der Waals surface area contributed by atoms with Crippen LogP contribution in [0.4, 0.5) is 4.39 Å².